The number of anilines is 1. The molecule has 1 aromatic carbocycles. The maximum absolute atomic E-state index is 12.1. The number of hydrogen-bond donors (Lipinski definition) is 1. The van der Waals surface area contributed by atoms with Crippen molar-refractivity contribution in [2.45, 2.75) is 0 Å². The van der Waals surface area contributed by atoms with Crippen LogP contribution in [0.3, 0.4) is 0 Å². The van der Waals surface area contributed by atoms with Gasteiger partial charge in [-0.15, -0.1) is 0 Å². The Kier molecular flexibility index (Phi) is 3.35. The Bertz CT molecular complexity index is 752. The topological polar surface area (TPSA) is 69.6 Å². The molecule has 0 bridgehead atoms. The quantitative estimate of drug-likeness (QED) is 0.906. The van der Waals surface area contributed by atoms with Gasteiger partial charge in [-0.2, -0.15) is 0 Å². The molecule has 1 aliphatic rings. The van der Waals surface area contributed by atoms with Gasteiger partial charge >= 0.3 is 0 Å². The summed E-state index contributed by atoms with van der Waals surface area (Å²) in [7, 11) is 1.60. The van der Waals surface area contributed by atoms with Gasteiger partial charge in [0, 0.05) is 31.1 Å². The fourth-order valence-corrected chi connectivity index (χ4v) is 2.05. The second kappa shape index (κ2) is 5.32. The molecule has 21 heavy (non-hydrogen) atoms. The Morgan fingerprint density at radius 1 is 1.14 bits per heavy atom. The zero-order valence-electron chi connectivity index (χ0n) is 11.5. The summed E-state index contributed by atoms with van der Waals surface area (Å²) in [6.45, 7) is 1.02. The first-order valence-electron chi connectivity index (χ1n) is 6.51. The first kappa shape index (κ1) is 13.2. The molecule has 0 radical (unpaired) electrons. The number of carbonyl (C=O) groups is 1. The van der Waals surface area contributed by atoms with E-state index < -0.39 is 0 Å². The Hall–Kier alpha value is -2.76. The van der Waals surface area contributed by atoms with Crippen LogP contribution in [0.4, 0.5) is 5.69 Å². The highest BCUT2D eigenvalue weighted by molar-refractivity contribution is 6.04. The van der Waals surface area contributed by atoms with Gasteiger partial charge in [-0.3, -0.25) is 9.59 Å². The summed E-state index contributed by atoms with van der Waals surface area (Å²) in [5.41, 5.74) is 0.857. The van der Waals surface area contributed by atoms with Crippen LogP contribution < -0.4 is 20.3 Å². The van der Waals surface area contributed by atoms with E-state index in [2.05, 4.69) is 5.32 Å². The molecule has 0 saturated heterocycles. The third-order valence-electron chi connectivity index (χ3n) is 3.15. The van der Waals surface area contributed by atoms with E-state index in [1.54, 1.807) is 25.2 Å². The molecule has 6 nitrogen and oxygen atoms in total. The summed E-state index contributed by atoms with van der Waals surface area (Å²) >= 11 is 0. The van der Waals surface area contributed by atoms with Crippen LogP contribution in [-0.4, -0.2) is 23.7 Å². The van der Waals surface area contributed by atoms with E-state index in [4.69, 9.17) is 9.47 Å². The number of amides is 1. The molecule has 0 atom stereocenters. The molecule has 2 heterocycles. The van der Waals surface area contributed by atoms with Crippen molar-refractivity contribution in [1.82, 2.24) is 4.57 Å². The lowest BCUT2D eigenvalue weighted by molar-refractivity contribution is 0.102. The van der Waals surface area contributed by atoms with Crippen LogP contribution in [0.1, 0.15) is 10.4 Å². The minimum atomic E-state index is -0.290. The second-order valence-corrected chi connectivity index (χ2v) is 4.68. The molecular weight excluding hydrogens is 272 g/mol. The lowest BCUT2D eigenvalue weighted by Gasteiger charge is -2.19. The first-order valence-corrected chi connectivity index (χ1v) is 6.51. The molecule has 0 unspecified atom stereocenters. The van der Waals surface area contributed by atoms with E-state index in [1.165, 1.54) is 22.9 Å². The third kappa shape index (κ3) is 2.74. The van der Waals surface area contributed by atoms with Crippen molar-refractivity contribution in [1.29, 1.82) is 0 Å². The van der Waals surface area contributed by atoms with Crippen LogP contribution >= 0.6 is 0 Å². The monoisotopic (exact) mass is 286 g/mol. The predicted molar refractivity (Wildman–Crippen MR) is 77.1 cm³/mol. The van der Waals surface area contributed by atoms with Crippen molar-refractivity contribution in [2.75, 3.05) is 18.5 Å². The SMILES string of the molecule is Cn1cc(C(=O)Nc2ccc3c(c2)OCCO3)ccc1=O. The fourth-order valence-electron chi connectivity index (χ4n) is 2.05. The number of aromatic nitrogens is 1. The van der Waals surface area contributed by atoms with E-state index in [0.717, 1.165) is 0 Å². The Labute approximate surface area is 120 Å². The van der Waals surface area contributed by atoms with E-state index in [9.17, 15) is 9.59 Å². The average Bonchev–Trinajstić information content (AvgIpc) is 2.50. The number of nitrogens with zero attached hydrogens (tertiary/aromatic N) is 1. The largest absolute Gasteiger partial charge is 0.486 e. The van der Waals surface area contributed by atoms with Crippen LogP contribution in [0, 0.1) is 0 Å². The van der Waals surface area contributed by atoms with E-state index in [-0.39, 0.29) is 11.5 Å². The highest BCUT2D eigenvalue weighted by Crippen LogP contribution is 2.32. The molecule has 1 aromatic heterocycles. The van der Waals surface area contributed by atoms with Crippen molar-refractivity contribution < 1.29 is 14.3 Å². The summed E-state index contributed by atoms with van der Waals surface area (Å²) in [5.74, 6) is 0.989. The van der Waals surface area contributed by atoms with Gasteiger partial charge < -0.3 is 19.4 Å². The van der Waals surface area contributed by atoms with Crippen LogP contribution in [-0.2, 0) is 7.05 Å². The maximum atomic E-state index is 12.1. The number of benzene rings is 1. The van der Waals surface area contributed by atoms with Crippen LogP contribution in [0.2, 0.25) is 0 Å². The number of rotatable bonds is 2. The van der Waals surface area contributed by atoms with Gasteiger partial charge in [0.05, 0.1) is 5.56 Å². The highest BCUT2D eigenvalue weighted by atomic mass is 16.6. The molecule has 0 aliphatic carbocycles. The van der Waals surface area contributed by atoms with Crippen LogP contribution in [0.5, 0.6) is 11.5 Å². The molecule has 1 amide bonds. The van der Waals surface area contributed by atoms with Crippen molar-refractivity contribution in [2.24, 2.45) is 7.05 Å². The Morgan fingerprint density at radius 2 is 1.90 bits per heavy atom. The molecule has 0 spiro atoms. The summed E-state index contributed by atoms with van der Waals surface area (Å²) in [6.07, 6.45) is 1.50. The summed E-state index contributed by atoms with van der Waals surface area (Å²) < 4.78 is 12.2. The Morgan fingerprint density at radius 3 is 2.67 bits per heavy atom. The molecule has 108 valence electrons. The Balaban J connectivity index is 1.81. The van der Waals surface area contributed by atoms with E-state index >= 15 is 0 Å². The van der Waals surface area contributed by atoms with Crippen LogP contribution in [0.15, 0.2) is 41.3 Å². The number of pyridine rings is 1. The standard InChI is InChI=1S/C15H14N2O4/c1-17-9-10(2-5-14(17)18)15(19)16-11-3-4-12-13(8-11)21-7-6-20-12/h2-5,8-9H,6-7H2,1H3,(H,16,19). The van der Waals surface area contributed by atoms with Crippen molar-refractivity contribution in [3.05, 3.63) is 52.4 Å². The van der Waals surface area contributed by atoms with Gasteiger partial charge in [-0.1, -0.05) is 0 Å². The second-order valence-electron chi connectivity index (χ2n) is 4.68. The predicted octanol–water partition coefficient (Wildman–Crippen LogP) is 1.41. The molecule has 2 aromatic rings. The fraction of sp³-hybridized carbons (Fsp3) is 0.200. The third-order valence-corrected chi connectivity index (χ3v) is 3.15. The van der Waals surface area contributed by atoms with Crippen molar-refractivity contribution in [3.63, 3.8) is 0 Å². The minimum absolute atomic E-state index is 0.161. The number of aryl methyl sites for hydroxylation is 1. The van der Waals surface area contributed by atoms with Gasteiger partial charge in [0.1, 0.15) is 13.2 Å². The molecule has 0 fully saturated rings. The number of fused-ring (bicyclic) bond motifs is 1. The summed E-state index contributed by atoms with van der Waals surface area (Å²) in [6, 6.07) is 8.07. The number of carbonyl (C=O) groups excluding carboxylic acids is 1. The normalized spacial score (nSPS) is 12.8. The number of hydrogen-bond acceptors (Lipinski definition) is 4. The van der Waals surface area contributed by atoms with E-state index in [0.29, 0.717) is 36.0 Å². The summed E-state index contributed by atoms with van der Waals surface area (Å²) in [5, 5.41) is 2.77. The number of ether oxygens (including phenoxy) is 2. The van der Waals surface area contributed by atoms with Gasteiger partial charge in [0.25, 0.3) is 5.91 Å². The number of nitrogens with one attached hydrogen (secondary N) is 1. The van der Waals surface area contributed by atoms with E-state index in [1.807, 2.05) is 0 Å². The van der Waals surface area contributed by atoms with Crippen LogP contribution in [0.25, 0.3) is 0 Å². The molecular formula is C15H14N2O4. The molecule has 3 rings (SSSR count). The van der Waals surface area contributed by atoms with Crippen molar-refractivity contribution in [3.8, 4) is 11.5 Å². The lowest BCUT2D eigenvalue weighted by atomic mass is 10.2. The zero-order chi connectivity index (χ0) is 14.8. The average molecular weight is 286 g/mol. The van der Waals surface area contributed by atoms with Gasteiger partial charge in [-0.25, -0.2) is 0 Å². The molecule has 0 saturated carbocycles. The van der Waals surface area contributed by atoms with Crippen molar-refractivity contribution >= 4 is 11.6 Å². The zero-order valence-corrected chi connectivity index (χ0v) is 11.5. The highest BCUT2D eigenvalue weighted by Gasteiger charge is 2.13. The smallest absolute Gasteiger partial charge is 0.257 e. The lowest BCUT2D eigenvalue weighted by Crippen LogP contribution is -2.20. The first-order chi connectivity index (χ1) is 10.1. The molecule has 6 heteroatoms. The maximum Gasteiger partial charge on any atom is 0.257 e. The summed E-state index contributed by atoms with van der Waals surface area (Å²) in [4.78, 5) is 23.5. The molecule has 1 N–H and O–H groups in total. The van der Waals surface area contributed by atoms with Gasteiger partial charge in [0.15, 0.2) is 11.5 Å². The van der Waals surface area contributed by atoms with Gasteiger partial charge in [-0.05, 0) is 18.2 Å². The minimum Gasteiger partial charge on any atom is -0.486 e. The molecule has 1 aliphatic heterocycles. The van der Waals surface area contributed by atoms with Gasteiger partial charge in [0.2, 0.25) is 5.56 Å².